The molecule has 2 rings (SSSR count). The van der Waals surface area contributed by atoms with E-state index >= 15 is 0 Å². The van der Waals surface area contributed by atoms with Crippen molar-refractivity contribution in [3.05, 3.63) is 22.7 Å². The second kappa shape index (κ2) is 5.95. The highest BCUT2D eigenvalue weighted by atomic mass is 16.3. The number of anilines is 1. The number of nitrogens with one attached hydrogen (secondary N) is 1. The van der Waals surface area contributed by atoms with E-state index in [1.54, 1.807) is 17.0 Å². The van der Waals surface area contributed by atoms with Crippen molar-refractivity contribution in [2.24, 2.45) is 5.92 Å². The number of rotatable bonds is 3. The van der Waals surface area contributed by atoms with Crippen molar-refractivity contribution in [2.45, 2.75) is 58.1 Å². The molecule has 0 radical (unpaired) electrons. The summed E-state index contributed by atoms with van der Waals surface area (Å²) in [7, 11) is 0. The maximum atomic E-state index is 12.3. The van der Waals surface area contributed by atoms with Crippen LogP contribution >= 0.6 is 0 Å². The zero-order valence-corrected chi connectivity index (χ0v) is 12.6. The second-order valence-corrected chi connectivity index (χ2v) is 6.69. The van der Waals surface area contributed by atoms with Gasteiger partial charge in [-0.25, -0.2) is 4.98 Å². The normalized spacial score (nSPS) is 23.6. The molecule has 20 heavy (non-hydrogen) atoms. The molecule has 1 aromatic heterocycles. The molecule has 0 bridgehead atoms. The molecule has 0 amide bonds. The van der Waals surface area contributed by atoms with Crippen LogP contribution in [0.25, 0.3) is 0 Å². The van der Waals surface area contributed by atoms with Gasteiger partial charge in [0.1, 0.15) is 0 Å². The summed E-state index contributed by atoms with van der Waals surface area (Å²) in [6.45, 7) is 6.69. The Morgan fingerprint density at radius 3 is 2.85 bits per heavy atom. The summed E-state index contributed by atoms with van der Waals surface area (Å²) >= 11 is 0. The van der Waals surface area contributed by atoms with Crippen LogP contribution in [0.1, 0.15) is 46.5 Å². The summed E-state index contributed by atoms with van der Waals surface area (Å²) < 4.78 is 1.69. The van der Waals surface area contributed by atoms with E-state index in [2.05, 4.69) is 10.3 Å². The standard InChI is InChI=1S/C15H25N3O2/c1-15(2,3)18-8-7-16-13(14(18)20)17-10-11-5-4-6-12(19)9-11/h7-8,11-12,19H,4-6,9-10H2,1-3H3,(H,16,17). The van der Waals surface area contributed by atoms with Crippen molar-refractivity contribution in [2.75, 3.05) is 11.9 Å². The Hall–Kier alpha value is -1.36. The summed E-state index contributed by atoms with van der Waals surface area (Å²) in [5.74, 6) is 0.825. The Morgan fingerprint density at radius 1 is 1.45 bits per heavy atom. The molecular weight excluding hydrogens is 254 g/mol. The van der Waals surface area contributed by atoms with Gasteiger partial charge < -0.3 is 15.0 Å². The smallest absolute Gasteiger partial charge is 0.293 e. The first-order chi connectivity index (χ1) is 9.38. The van der Waals surface area contributed by atoms with Crippen LogP contribution in [0.4, 0.5) is 5.82 Å². The summed E-state index contributed by atoms with van der Waals surface area (Å²) in [5.41, 5.74) is -0.339. The first-order valence-electron chi connectivity index (χ1n) is 7.38. The van der Waals surface area contributed by atoms with E-state index < -0.39 is 0 Å². The number of aliphatic hydroxyl groups is 1. The van der Waals surface area contributed by atoms with Gasteiger partial charge in [0.15, 0.2) is 5.82 Å². The fraction of sp³-hybridized carbons (Fsp3) is 0.733. The summed E-state index contributed by atoms with van der Waals surface area (Å²) in [5, 5.41) is 12.8. The molecule has 2 unspecified atom stereocenters. The van der Waals surface area contributed by atoms with E-state index in [1.807, 2.05) is 20.8 Å². The molecule has 1 aromatic rings. The summed E-state index contributed by atoms with van der Waals surface area (Å²) in [6.07, 6.45) is 7.06. The molecular formula is C15H25N3O2. The van der Waals surface area contributed by atoms with E-state index in [1.165, 1.54) is 0 Å². The lowest BCUT2D eigenvalue weighted by Crippen LogP contribution is -2.36. The van der Waals surface area contributed by atoms with Crippen molar-refractivity contribution in [3.8, 4) is 0 Å². The van der Waals surface area contributed by atoms with Gasteiger partial charge in [-0.3, -0.25) is 4.79 Å². The number of aliphatic hydroxyl groups excluding tert-OH is 1. The Balaban J connectivity index is 2.05. The maximum absolute atomic E-state index is 12.3. The number of hydrogen-bond donors (Lipinski definition) is 2. The largest absolute Gasteiger partial charge is 0.393 e. The SMILES string of the molecule is CC(C)(C)n1ccnc(NCC2CCCC(O)C2)c1=O. The molecule has 2 N–H and O–H groups in total. The fourth-order valence-corrected chi connectivity index (χ4v) is 2.75. The van der Waals surface area contributed by atoms with Crippen LogP contribution in [0.2, 0.25) is 0 Å². The van der Waals surface area contributed by atoms with Crippen molar-refractivity contribution >= 4 is 5.82 Å². The molecule has 5 heteroatoms. The van der Waals surface area contributed by atoms with Crippen LogP contribution < -0.4 is 10.9 Å². The lowest BCUT2D eigenvalue weighted by Gasteiger charge is -2.26. The highest BCUT2D eigenvalue weighted by molar-refractivity contribution is 5.31. The third-order valence-corrected chi connectivity index (χ3v) is 3.88. The van der Waals surface area contributed by atoms with Gasteiger partial charge in [-0.15, -0.1) is 0 Å². The first-order valence-corrected chi connectivity index (χ1v) is 7.38. The summed E-state index contributed by atoms with van der Waals surface area (Å²) in [6, 6.07) is 0. The molecule has 5 nitrogen and oxygen atoms in total. The minimum atomic E-state index is -0.252. The van der Waals surface area contributed by atoms with Crippen molar-refractivity contribution in [1.29, 1.82) is 0 Å². The average Bonchev–Trinajstić information content (AvgIpc) is 2.36. The number of nitrogens with zero attached hydrogens (tertiary/aromatic N) is 2. The number of hydrogen-bond acceptors (Lipinski definition) is 4. The second-order valence-electron chi connectivity index (χ2n) is 6.69. The molecule has 0 saturated heterocycles. The molecule has 1 heterocycles. The molecule has 0 spiro atoms. The summed E-state index contributed by atoms with van der Waals surface area (Å²) in [4.78, 5) is 16.5. The lowest BCUT2D eigenvalue weighted by atomic mass is 9.87. The predicted molar refractivity (Wildman–Crippen MR) is 79.9 cm³/mol. The van der Waals surface area contributed by atoms with Crippen molar-refractivity contribution < 1.29 is 5.11 Å². The Kier molecular flexibility index (Phi) is 4.48. The Bertz CT molecular complexity index is 505. The maximum Gasteiger partial charge on any atom is 0.293 e. The van der Waals surface area contributed by atoms with Gasteiger partial charge in [0.25, 0.3) is 5.56 Å². The molecule has 2 atom stereocenters. The monoisotopic (exact) mass is 279 g/mol. The molecule has 1 saturated carbocycles. The molecule has 1 aliphatic carbocycles. The van der Waals surface area contributed by atoms with Crippen molar-refractivity contribution in [3.63, 3.8) is 0 Å². The van der Waals surface area contributed by atoms with E-state index in [0.717, 1.165) is 25.7 Å². The van der Waals surface area contributed by atoms with E-state index in [-0.39, 0.29) is 17.2 Å². The van der Waals surface area contributed by atoms with Gasteiger partial charge in [-0.2, -0.15) is 0 Å². The van der Waals surface area contributed by atoms with Crippen LogP contribution in [0, 0.1) is 5.92 Å². The molecule has 0 aliphatic heterocycles. The van der Waals surface area contributed by atoms with Crippen LogP contribution in [-0.4, -0.2) is 27.3 Å². The molecule has 0 aromatic carbocycles. The van der Waals surface area contributed by atoms with Crippen LogP contribution in [0.3, 0.4) is 0 Å². The quantitative estimate of drug-likeness (QED) is 0.887. The third kappa shape index (κ3) is 3.60. The van der Waals surface area contributed by atoms with Crippen LogP contribution in [-0.2, 0) is 5.54 Å². The van der Waals surface area contributed by atoms with Gasteiger partial charge in [0.2, 0.25) is 0 Å². The first kappa shape index (κ1) is 15.0. The zero-order chi connectivity index (χ0) is 14.8. The zero-order valence-electron chi connectivity index (χ0n) is 12.6. The molecule has 112 valence electrons. The minimum Gasteiger partial charge on any atom is -0.393 e. The van der Waals surface area contributed by atoms with Gasteiger partial charge >= 0.3 is 0 Å². The Labute approximate surface area is 120 Å². The minimum absolute atomic E-state index is 0.0867. The van der Waals surface area contributed by atoms with Gasteiger partial charge in [0, 0.05) is 24.5 Å². The average molecular weight is 279 g/mol. The van der Waals surface area contributed by atoms with Gasteiger partial charge in [-0.05, 0) is 46.0 Å². The molecule has 1 fully saturated rings. The number of aromatic nitrogens is 2. The highest BCUT2D eigenvalue weighted by Gasteiger charge is 2.21. The van der Waals surface area contributed by atoms with Crippen molar-refractivity contribution in [1.82, 2.24) is 9.55 Å². The topological polar surface area (TPSA) is 67.2 Å². The van der Waals surface area contributed by atoms with Gasteiger partial charge in [0.05, 0.1) is 6.10 Å². The van der Waals surface area contributed by atoms with E-state index in [4.69, 9.17) is 0 Å². The third-order valence-electron chi connectivity index (χ3n) is 3.88. The predicted octanol–water partition coefficient (Wildman–Crippen LogP) is 1.96. The van der Waals surface area contributed by atoms with Gasteiger partial charge in [-0.1, -0.05) is 6.42 Å². The Morgan fingerprint density at radius 2 is 2.20 bits per heavy atom. The van der Waals surface area contributed by atoms with Crippen LogP contribution in [0.5, 0.6) is 0 Å². The van der Waals surface area contributed by atoms with E-state index in [9.17, 15) is 9.90 Å². The lowest BCUT2D eigenvalue weighted by molar-refractivity contribution is 0.104. The van der Waals surface area contributed by atoms with E-state index in [0.29, 0.717) is 18.3 Å². The highest BCUT2D eigenvalue weighted by Crippen LogP contribution is 2.24. The molecule has 1 aliphatic rings. The fourth-order valence-electron chi connectivity index (χ4n) is 2.75. The van der Waals surface area contributed by atoms with Crippen LogP contribution in [0.15, 0.2) is 17.2 Å².